The van der Waals surface area contributed by atoms with Crippen LogP contribution >= 0.6 is 23.8 Å². The lowest BCUT2D eigenvalue weighted by molar-refractivity contribution is -0.235. The fraction of sp³-hybridized carbons (Fsp3) is 0.542. The van der Waals surface area contributed by atoms with Crippen molar-refractivity contribution in [3.8, 4) is 0 Å². The lowest BCUT2D eigenvalue weighted by atomic mass is 9.44. The third kappa shape index (κ3) is 10.1. The number of rotatable bonds is 18. The SMILES string of the molecule is C[C@H](NC(=O)CBr)C(=O)N[C@@H](C)C(=O)N[C@@H](C)C(=O)NCOCc1ccc(Cc2ccc([C@@H]3O[C@@H]4C[C@H]5[C@@H]6C[C@H](F)C7=CC(=O)C=C[C@]7(C)[C@@]6(F)[C@@H](O)C[C@]5(C)[C@]4(C(=O)COP(=O)(O)O)O3)cc2)cc1. The van der Waals surface area contributed by atoms with E-state index in [-0.39, 0.29) is 43.5 Å². The zero-order valence-corrected chi connectivity index (χ0v) is 41.6. The maximum Gasteiger partial charge on any atom is 0.470 e. The van der Waals surface area contributed by atoms with Crippen molar-refractivity contribution in [2.24, 2.45) is 22.7 Å². The summed E-state index contributed by atoms with van der Waals surface area (Å²) in [5, 5.41) is 22.0. The molecule has 7 rings (SSSR count). The molecule has 0 aromatic heterocycles. The van der Waals surface area contributed by atoms with E-state index in [1.165, 1.54) is 39.8 Å². The largest absolute Gasteiger partial charge is 0.470 e. The third-order valence-electron chi connectivity index (χ3n) is 14.8. The fourth-order valence-electron chi connectivity index (χ4n) is 11.2. The highest BCUT2D eigenvalue weighted by Crippen LogP contribution is 2.72. The summed E-state index contributed by atoms with van der Waals surface area (Å²) in [6.07, 6.45) is -2.40. The Hall–Kier alpha value is -4.57. The Bertz CT molecular complexity index is 2500. The Kier molecular flexibility index (Phi) is 15.6. The number of phosphoric ester groups is 1. The van der Waals surface area contributed by atoms with E-state index in [9.17, 15) is 48.2 Å². The lowest BCUT2D eigenvalue weighted by Crippen LogP contribution is -2.70. The summed E-state index contributed by atoms with van der Waals surface area (Å²) in [7, 11) is -5.15. The molecule has 0 radical (unpaired) electrons. The van der Waals surface area contributed by atoms with Crippen molar-refractivity contribution in [2.45, 2.75) is 121 Å². The summed E-state index contributed by atoms with van der Waals surface area (Å²) in [4.78, 5) is 94.7. The van der Waals surface area contributed by atoms with Crippen molar-refractivity contribution < 1.29 is 75.7 Å². The number of carbonyl (C=O) groups excluding carboxylic acids is 6. The topological polar surface area (TPSA) is 265 Å². The first kappa shape index (κ1) is 53.2. The van der Waals surface area contributed by atoms with Crippen molar-refractivity contribution in [2.75, 3.05) is 18.7 Å². The van der Waals surface area contributed by atoms with E-state index in [0.717, 1.165) is 22.8 Å². The molecular formula is C48H58BrF2N4O14P. The van der Waals surface area contributed by atoms with Gasteiger partial charge in [-0.25, -0.2) is 13.3 Å². The molecule has 2 aromatic rings. The lowest BCUT2D eigenvalue weighted by Gasteiger charge is -2.63. The first-order valence-corrected chi connectivity index (χ1v) is 25.5. The van der Waals surface area contributed by atoms with Crippen LogP contribution in [0, 0.1) is 22.7 Å². The summed E-state index contributed by atoms with van der Waals surface area (Å²) in [5.41, 5.74) is -4.39. The predicted octanol–water partition coefficient (Wildman–Crippen LogP) is 3.54. The third-order valence-corrected chi connectivity index (χ3v) is 15.8. The monoisotopic (exact) mass is 1060 g/mol. The Balaban J connectivity index is 0.944. The van der Waals surface area contributed by atoms with Gasteiger partial charge >= 0.3 is 7.82 Å². The molecule has 2 aromatic carbocycles. The quantitative estimate of drug-likeness (QED) is 0.0488. The number of phosphoric acid groups is 1. The number of halogens is 3. The van der Waals surface area contributed by atoms with Gasteiger partial charge in [0.25, 0.3) is 0 Å². The number of benzene rings is 2. The number of ketones is 2. The van der Waals surface area contributed by atoms with E-state index in [1.807, 2.05) is 36.4 Å². The minimum absolute atomic E-state index is 0.000361. The van der Waals surface area contributed by atoms with Crippen LogP contribution in [0.25, 0.3) is 0 Å². The van der Waals surface area contributed by atoms with Crippen LogP contribution in [-0.4, -0.2) is 117 Å². The standard InChI is InChI=1S/C48H58BrF2N4O14P/c1-25(54-43(62)27(3)55-42(61)26(2)53-40(59)21-49)41(60)52-24-66-22-30-8-6-28(7-9-30)16-29-10-12-31(13-11-29)44-68-39-19-33-34-18-36(50)35-17-32(56)14-15-45(35,4)47(34,51)37(57)20-46(33,5)48(39,69-44)38(58)23-67-70(63,64)65/h6-15,17,25-27,33-34,36-37,39,44,57H,16,18-24H2,1-5H3,(H,52,60)(H,53,59)(H,54,62)(H,55,61)(H2,63,64,65)/t25-,26-,27-,33-,34-,36-,37-,39+,44+,45-,46-,47-,48+/m0/s1. The van der Waals surface area contributed by atoms with Gasteiger partial charge in [-0.15, -0.1) is 0 Å². The minimum atomic E-state index is -5.15. The van der Waals surface area contributed by atoms with Crippen LogP contribution in [0.3, 0.4) is 0 Å². The minimum Gasteiger partial charge on any atom is -0.390 e. The van der Waals surface area contributed by atoms with Crippen molar-refractivity contribution in [3.05, 3.63) is 94.6 Å². The van der Waals surface area contributed by atoms with E-state index in [2.05, 4.69) is 41.7 Å². The summed E-state index contributed by atoms with van der Waals surface area (Å²) in [5.74, 6) is -5.39. The van der Waals surface area contributed by atoms with Gasteiger partial charge in [-0.2, -0.15) is 0 Å². The number of carbonyl (C=O) groups is 6. The van der Waals surface area contributed by atoms with Gasteiger partial charge < -0.3 is 50.4 Å². The van der Waals surface area contributed by atoms with Crippen LogP contribution in [0.4, 0.5) is 8.78 Å². The van der Waals surface area contributed by atoms with Crippen molar-refractivity contribution in [3.63, 3.8) is 0 Å². The molecular weight excluding hydrogens is 1010 g/mol. The van der Waals surface area contributed by atoms with Gasteiger partial charge in [0.05, 0.1) is 24.1 Å². The molecule has 1 saturated heterocycles. The number of ether oxygens (including phenoxy) is 3. The average Bonchev–Trinajstić information content (AvgIpc) is 3.81. The predicted molar refractivity (Wildman–Crippen MR) is 249 cm³/mol. The molecule has 70 heavy (non-hydrogen) atoms. The number of hydrogen-bond acceptors (Lipinski definition) is 12. The van der Waals surface area contributed by atoms with E-state index in [4.69, 9.17) is 14.2 Å². The molecule has 4 amide bonds. The van der Waals surface area contributed by atoms with Gasteiger partial charge in [0.2, 0.25) is 23.6 Å². The molecule has 18 nitrogen and oxygen atoms in total. The molecule has 22 heteroatoms. The molecule has 4 aliphatic carbocycles. The zero-order chi connectivity index (χ0) is 51.1. The molecule has 3 saturated carbocycles. The first-order valence-electron chi connectivity index (χ1n) is 22.9. The van der Waals surface area contributed by atoms with Crippen LogP contribution in [0.1, 0.15) is 82.4 Å². The second kappa shape index (κ2) is 20.5. The van der Waals surface area contributed by atoms with Crippen LogP contribution in [0.2, 0.25) is 0 Å². The van der Waals surface area contributed by atoms with Gasteiger partial charge in [0.1, 0.15) is 37.6 Å². The summed E-state index contributed by atoms with van der Waals surface area (Å²) >= 11 is 3.00. The van der Waals surface area contributed by atoms with Crippen LogP contribution in [0.5, 0.6) is 0 Å². The number of aliphatic hydroxyl groups excluding tert-OH is 1. The highest BCUT2D eigenvalue weighted by molar-refractivity contribution is 9.09. The van der Waals surface area contributed by atoms with Gasteiger partial charge in [-0.05, 0) is 93.7 Å². The van der Waals surface area contributed by atoms with Crippen LogP contribution in [0.15, 0.2) is 72.3 Å². The number of alkyl halides is 3. The summed E-state index contributed by atoms with van der Waals surface area (Å²) in [6.45, 7) is 6.46. The number of nitrogens with one attached hydrogen (secondary N) is 4. The smallest absolute Gasteiger partial charge is 0.390 e. The van der Waals surface area contributed by atoms with Gasteiger partial charge in [-0.1, -0.05) is 77.5 Å². The van der Waals surface area contributed by atoms with Crippen molar-refractivity contribution in [1.82, 2.24) is 21.3 Å². The van der Waals surface area contributed by atoms with E-state index >= 15 is 8.78 Å². The number of amides is 4. The van der Waals surface area contributed by atoms with Gasteiger partial charge in [-0.3, -0.25) is 33.3 Å². The number of hydrogen-bond donors (Lipinski definition) is 7. The second-order valence-electron chi connectivity index (χ2n) is 19.2. The number of allylic oxidation sites excluding steroid dienone is 4. The second-order valence-corrected chi connectivity index (χ2v) is 21.0. The molecule has 13 atom stereocenters. The molecule has 380 valence electrons. The highest BCUT2D eigenvalue weighted by atomic mass is 79.9. The molecule has 0 bridgehead atoms. The fourth-order valence-corrected chi connectivity index (χ4v) is 11.7. The Morgan fingerprint density at radius 3 is 2.09 bits per heavy atom. The van der Waals surface area contributed by atoms with E-state index in [1.54, 1.807) is 19.1 Å². The summed E-state index contributed by atoms with van der Waals surface area (Å²) < 4.78 is 69.1. The normalized spacial score (nSPS) is 32.2. The average molecular weight is 1060 g/mol. The Morgan fingerprint density at radius 2 is 1.47 bits per heavy atom. The first-order chi connectivity index (χ1) is 32.9. The number of aliphatic hydroxyl groups is 1. The molecule has 1 heterocycles. The van der Waals surface area contributed by atoms with Crippen LogP contribution < -0.4 is 21.3 Å². The van der Waals surface area contributed by atoms with Crippen LogP contribution in [-0.2, 0) is 65.1 Å². The Morgan fingerprint density at radius 1 is 0.886 bits per heavy atom. The van der Waals surface area contributed by atoms with E-state index < -0.39 is 126 Å². The maximum atomic E-state index is 17.9. The molecule has 1 aliphatic heterocycles. The van der Waals surface area contributed by atoms with E-state index in [0.29, 0.717) is 12.0 Å². The molecule has 5 aliphatic rings. The maximum absolute atomic E-state index is 17.9. The van der Waals surface area contributed by atoms with Crippen molar-refractivity contribution in [1.29, 1.82) is 0 Å². The zero-order valence-electron chi connectivity index (χ0n) is 39.1. The number of fused-ring (bicyclic) bond motifs is 7. The number of Topliss-reactive ketones (excluding diaryl/α,β-unsaturated/α-hetero) is 1. The van der Waals surface area contributed by atoms with Crippen molar-refractivity contribution >= 4 is 58.9 Å². The van der Waals surface area contributed by atoms with Gasteiger partial charge in [0.15, 0.2) is 29.1 Å². The molecule has 0 spiro atoms. The highest BCUT2D eigenvalue weighted by Gasteiger charge is 2.80. The van der Waals surface area contributed by atoms with Gasteiger partial charge in [0, 0.05) is 22.3 Å². The molecule has 7 N–H and O–H groups in total. The molecule has 0 unspecified atom stereocenters. The Labute approximate surface area is 411 Å². The summed E-state index contributed by atoms with van der Waals surface area (Å²) in [6, 6.07) is 12.0. The molecule has 4 fully saturated rings.